The number of halogens is 2. The summed E-state index contributed by atoms with van der Waals surface area (Å²) in [7, 11) is 0. The van der Waals surface area contributed by atoms with Crippen LogP contribution < -0.4 is 0 Å². The molecule has 0 N–H and O–H groups in total. The average molecular weight is 323 g/mol. The van der Waals surface area contributed by atoms with Crippen molar-refractivity contribution in [3.8, 4) is 0 Å². The van der Waals surface area contributed by atoms with Crippen LogP contribution in [0.1, 0.15) is 25.3 Å². The molecule has 2 rings (SSSR count). The summed E-state index contributed by atoms with van der Waals surface area (Å²) in [4.78, 5) is 0. The number of benzene rings is 2. The molecule has 0 bridgehead atoms. The molecule has 3 heteroatoms. The quantitative estimate of drug-likeness (QED) is 0.512. The van der Waals surface area contributed by atoms with E-state index in [2.05, 4.69) is 30.3 Å². The van der Waals surface area contributed by atoms with E-state index in [0.29, 0.717) is 12.8 Å². The molecule has 1 unspecified atom stereocenters. The summed E-state index contributed by atoms with van der Waals surface area (Å²) in [6, 6.07) is 14.3. The van der Waals surface area contributed by atoms with Gasteiger partial charge in [-0.25, -0.2) is 8.78 Å². The van der Waals surface area contributed by atoms with Gasteiger partial charge in [0.2, 0.25) is 0 Å². The molecule has 0 saturated heterocycles. The molecule has 0 nitrogen and oxygen atoms in total. The van der Waals surface area contributed by atoms with Crippen LogP contribution in [0.3, 0.4) is 0 Å². The van der Waals surface area contributed by atoms with E-state index in [1.165, 1.54) is 16.3 Å². The summed E-state index contributed by atoms with van der Waals surface area (Å²) < 4.78 is 24.5. The first-order valence-electron chi connectivity index (χ1n) is 6.62. The Morgan fingerprint density at radius 2 is 1.80 bits per heavy atom. The summed E-state index contributed by atoms with van der Waals surface area (Å²) in [6.07, 6.45) is 2.75. The largest absolute Gasteiger partial charge is 1.00 e. The van der Waals surface area contributed by atoms with Gasteiger partial charge in [0.1, 0.15) is 0 Å². The Kier molecular flexibility index (Phi) is 6.90. The SMILES string of the molecule is CCC([C-]=C(F)F)CCc1cccc2ccccc12.[Cu+]. The van der Waals surface area contributed by atoms with Gasteiger partial charge in [-0.3, -0.25) is 0 Å². The predicted octanol–water partition coefficient (Wildman–Crippen LogP) is 5.38. The zero-order chi connectivity index (χ0) is 13.7. The number of hydrogen-bond donors (Lipinski definition) is 0. The molecule has 1 atom stereocenters. The van der Waals surface area contributed by atoms with Crippen molar-refractivity contribution in [3.63, 3.8) is 0 Å². The second kappa shape index (κ2) is 8.18. The van der Waals surface area contributed by atoms with Crippen molar-refractivity contribution >= 4 is 10.8 Å². The Morgan fingerprint density at radius 1 is 1.10 bits per heavy atom. The van der Waals surface area contributed by atoms with Crippen LogP contribution in [0.15, 0.2) is 48.5 Å². The second-order valence-electron chi connectivity index (χ2n) is 4.69. The first-order valence-corrected chi connectivity index (χ1v) is 6.62. The van der Waals surface area contributed by atoms with Crippen LogP contribution in [0.5, 0.6) is 0 Å². The first-order chi connectivity index (χ1) is 9.20. The third-order valence-electron chi connectivity index (χ3n) is 3.45. The fraction of sp³-hybridized carbons (Fsp3) is 0.294. The Bertz CT molecular complexity index is 569. The van der Waals surface area contributed by atoms with E-state index < -0.39 is 6.08 Å². The van der Waals surface area contributed by atoms with Gasteiger partial charge in [-0.2, -0.15) is 5.92 Å². The van der Waals surface area contributed by atoms with E-state index in [4.69, 9.17) is 0 Å². The molecular formula is C17H17CuF2. The first kappa shape index (κ1) is 16.9. The van der Waals surface area contributed by atoms with Gasteiger partial charge in [0.15, 0.2) is 0 Å². The Labute approximate surface area is 129 Å². The molecular weight excluding hydrogens is 306 g/mol. The normalized spacial score (nSPS) is 11.8. The fourth-order valence-electron chi connectivity index (χ4n) is 2.37. The standard InChI is InChI=1S/C17H17F2.Cu/c1-2-13(12-17(18)19)10-11-15-8-5-7-14-6-3-4-9-16(14)15;/h3-9,13H,2,10-11H2,1H3;/q-1;+1. The van der Waals surface area contributed by atoms with E-state index >= 15 is 0 Å². The molecule has 0 fully saturated rings. The van der Waals surface area contributed by atoms with Crippen LogP contribution >= 0.6 is 0 Å². The van der Waals surface area contributed by atoms with Crippen molar-refractivity contribution < 1.29 is 25.8 Å². The maximum Gasteiger partial charge on any atom is 1.00 e. The number of aryl methyl sites for hydroxylation is 1. The van der Waals surface area contributed by atoms with Gasteiger partial charge < -0.3 is 6.08 Å². The molecule has 0 amide bonds. The molecule has 2 aromatic rings. The van der Waals surface area contributed by atoms with Crippen molar-refractivity contribution in [1.29, 1.82) is 0 Å². The topological polar surface area (TPSA) is 0 Å². The zero-order valence-corrected chi connectivity index (χ0v) is 12.2. The van der Waals surface area contributed by atoms with Crippen LogP contribution in [0, 0.1) is 12.0 Å². The van der Waals surface area contributed by atoms with Gasteiger partial charge in [-0.1, -0.05) is 62.2 Å². The van der Waals surface area contributed by atoms with Crippen molar-refractivity contribution in [2.45, 2.75) is 26.2 Å². The minimum absolute atomic E-state index is 0. The molecule has 0 aliphatic rings. The van der Waals surface area contributed by atoms with Crippen LogP contribution in [-0.2, 0) is 23.5 Å². The van der Waals surface area contributed by atoms with Gasteiger partial charge in [0, 0.05) is 0 Å². The number of allylic oxidation sites excluding steroid dienone is 1. The molecule has 0 radical (unpaired) electrons. The number of hydrogen-bond acceptors (Lipinski definition) is 0. The van der Waals surface area contributed by atoms with E-state index in [-0.39, 0.29) is 23.0 Å². The van der Waals surface area contributed by atoms with Crippen molar-refractivity contribution in [3.05, 3.63) is 60.2 Å². The molecule has 0 saturated carbocycles. The minimum atomic E-state index is -1.69. The fourth-order valence-corrected chi connectivity index (χ4v) is 2.37. The minimum Gasteiger partial charge on any atom is -0.424 e. The Morgan fingerprint density at radius 3 is 2.50 bits per heavy atom. The van der Waals surface area contributed by atoms with Gasteiger partial charge in [0.25, 0.3) is 0 Å². The van der Waals surface area contributed by atoms with Crippen LogP contribution in [0.25, 0.3) is 10.8 Å². The van der Waals surface area contributed by atoms with Crippen molar-refractivity contribution in [2.24, 2.45) is 5.92 Å². The van der Waals surface area contributed by atoms with E-state index in [0.717, 1.165) is 6.42 Å². The summed E-state index contributed by atoms with van der Waals surface area (Å²) in [5.74, 6) is -0.163. The Hall–Kier alpha value is -1.18. The van der Waals surface area contributed by atoms with Gasteiger partial charge in [-0.15, -0.1) is 0 Å². The van der Waals surface area contributed by atoms with Crippen LogP contribution in [0.2, 0.25) is 0 Å². The van der Waals surface area contributed by atoms with Crippen molar-refractivity contribution in [2.75, 3.05) is 0 Å². The zero-order valence-electron chi connectivity index (χ0n) is 11.3. The van der Waals surface area contributed by atoms with Gasteiger partial charge in [-0.05, 0) is 22.8 Å². The van der Waals surface area contributed by atoms with Gasteiger partial charge >= 0.3 is 17.1 Å². The molecule has 0 aliphatic carbocycles. The van der Waals surface area contributed by atoms with Crippen LogP contribution in [0.4, 0.5) is 8.78 Å². The number of rotatable bonds is 5. The molecule has 110 valence electrons. The third-order valence-corrected chi connectivity index (χ3v) is 3.45. The van der Waals surface area contributed by atoms with Crippen molar-refractivity contribution in [1.82, 2.24) is 0 Å². The smallest absolute Gasteiger partial charge is 0.424 e. The summed E-state index contributed by atoms with van der Waals surface area (Å²) in [5.41, 5.74) is 1.22. The molecule has 0 aromatic heterocycles. The average Bonchev–Trinajstić information content (AvgIpc) is 2.43. The summed E-state index contributed by atoms with van der Waals surface area (Å²) in [6.45, 7) is 1.92. The van der Waals surface area contributed by atoms with Gasteiger partial charge in [0.05, 0.1) is 6.08 Å². The molecule has 0 spiro atoms. The predicted molar refractivity (Wildman–Crippen MR) is 75.0 cm³/mol. The summed E-state index contributed by atoms with van der Waals surface area (Å²) >= 11 is 0. The second-order valence-corrected chi connectivity index (χ2v) is 4.69. The maximum absolute atomic E-state index is 12.3. The monoisotopic (exact) mass is 322 g/mol. The summed E-state index contributed by atoms with van der Waals surface area (Å²) in [5, 5.41) is 2.41. The Balaban J connectivity index is 0.00000200. The van der Waals surface area contributed by atoms with E-state index in [9.17, 15) is 8.78 Å². The molecule has 0 aliphatic heterocycles. The molecule has 20 heavy (non-hydrogen) atoms. The van der Waals surface area contributed by atoms with E-state index in [1.54, 1.807) is 0 Å². The molecule has 2 aromatic carbocycles. The van der Waals surface area contributed by atoms with E-state index in [1.807, 2.05) is 25.1 Å². The third kappa shape index (κ3) is 4.43. The number of fused-ring (bicyclic) bond motifs is 1. The van der Waals surface area contributed by atoms with Crippen LogP contribution in [-0.4, -0.2) is 0 Å². The molecule has 0 heterocycles. The maximum atomic E-state index is 12.3.